The smallest absolute Gasteiger partial charge is 0.0366 e. The maximum Gasteiger partial charge on any atom is 0.0366 e. The summed E-state index contributed by atoms with van der Waals surface area (Å²) in [6.07, 6.45) is 6.24. The van der Waals surface area contributed by atoms with Gasteiger partial charge in [-0.1, -0.05) is 12.1 Å². The van der Waals surface area contributed by atoms with Gasteiger partial charge in [-0.2, -0.15) is 11.8 Å². The molecular formula is C15H24N2S. The van der Waals surface area contributed by atoms with Crippen molar-refractivity contribution in [2.24, 2.45) is 0 Å². The molecule has 0 bridgehead atoms. The van der Waals surface area contributed by atoms with Crippen LogP contribution < -0.4 is 10.2 Å². The Morgan fingerprint density at radius 3 is 2.50 bits per heavy atom. The average Bonchev–Trinajstić information content (AvgIpc) is 2.45. The van der Waals surface area contributed by atoms with E-state index in [1.807, 2.05) is 11.8 Å². The minimum atomic E-state index is 0.987. The van der Waals surface area contributed by atoms with E-state index in [0.29, 0.717) is 0 Å². The van der Waals surface area contributed by atoms with Gasteiger partial charge in [0.25, 0.3) is 0 Å². The Morgan fingerprint density at radius 2 is 1.83 bits per heavy atom. The molecule has 0 aromatic heterocycles. The molecule has 0 aliphatic carbocycles. The van der Waals surface area contributed by atoms with Gasteiger partial charge >= 0.3 is 0 Å². The lowest BCUT2D eigenvalue weighted by Gasteiger charge is -2.28. The molecule has 0 radical (unpaired) electrons. The van der Waals surface area contributed by atoms with E-state index >= 15 is 0 Å². The Kier molecular flexibility index (Phi) is 5.88. The van der Waals surface area contributed by atoms with E-state index in [-0.39, 0.29) is 0 Å². The number of benzene rings is 1. The zero-order valence-electron chi connectivity index (χ0n) is 11.3. The van der Waals surface area contributed by atoms with Crippen molar-refractivity contribution in [1.29, 1.82) is 0 Å². The van der Waals surface area contributed by atoms with Crippen molar-refractivity contribution in [3.63, 3.8) is 0 Å². The standard InChI is InChI=1S/C15H24N2S/c1-18-12-9-16-13-14-5-7-15(8-6-14)17-10-3-2-4-11-17/h5-8,16H,2-4,9-13H2,1H3. The van der Waals surface area contributed by atoms with E-state index < -0.39 is 0 Å². The van der Waals surface area contributed by atoms with E-state index in [1.54, 1.807) is 0 Å². The number of rotatable bonds is 6. The first-order valence-electron chi connectivity index (χ1n) is 6.94. The molecule has 1 saturated heterocycles. The fraction of sp³-hybridized carbons (Fsp3) is 0.600. The van der Waals surface area contributed by atoms with Crippen molar-refractivity contribution < 1.29 is 0 Å². The Balaban J connectivity index is 1.81. The number of thioether (sulfide) groups is 1. The van der Waals surface area contributed by atoms with Crippen LogP contribution in [0.25, 0.3) is 0 Å². The number of piperidine rings is 1. The van der Waals surface area contributed by atoms with Gasteiger partial charge in [-0.05, 0) is 43.2 Å². The molecule has 1 aliphatic heterocycles. The number of hydrogen-bond acceptors (Lipinski definition) is 3. The lowest BCUT2D eigenvalue weighted by molar-refractivity contribution is 0.578. The Morgan fingerprint density at radius 1 is 1.11 bits per heavy atom. The van der Waals surface area contributed by atoms with Crippen molar-refractivity contribution in [3.05, 3.63) is 29.8 Å². The predicted octanol–water partition coefficient (Wildman–Crippen LogP) is 3.13. The van der Waals surface area contributed by atoms with Crippen molar-refractivity contribution in [1.82, 2.24) is 5.32 Å². The highest BCUT2D eigenvalue weighted by Gasteiger charge is 2.10. The molecule has 1 aromatic rings. The summed E-state index contributed by atoms with van der Waals surface area (Å²) in [5, 5.41) is 3.47. The normalized spacial score (nSPS) is 15.9. The van der Waals surface area contributed by atoms with Crippen LogP contribution >= 0.6 is 11.8 Å². The maximum absolute atomic E-state index is 3.47. The SMILES string of the molecule is CSCCNCc1ccc(N2CCCCC2)cc1. The molecule has 1 N–H and O–H groups in total. The number of anilines is 1. The largest absolute Gasteiger partial charge is 0.372 e. The first kappa shape index (κ1) is 13.8. The second kappa shape index (κ2) is 7.70. The van der Waals surface area contributed by atoms with Crippen LogP contribution in [-0.2, 0) is 6.54 Å². The fourth-order valence-electron chi connectivity index (χ4n) is 2.38. The van der Waals surface area contributed by atoms with Gasteiger partial charge in [-0.3, -0.25) is 0 Å². The van der Waals surface area contributed by atoms with Crippen LogP contribution in [0, 0.1) is 0 Å². The van der Waals surface area contributed by atoms with Gasteiger partial charge < -0.3 is 10.2 Å². The number of nitrogens with one attached hydrogen (secondary N) is 1. The highest BCUT2D eigenvalue weighted by molar-refractivity contribution is 7.98. The quantitative estimate of drug-likeness (QED) is 0.795. The number of hydrogen-bond donors (Lipinski definition) is 1. The van der Waals surface area contributed by atoms with E-state index in [2.05, 4.69) is 40.7 Å². The summed E-state index contributed by atoms with van der Waals surface area (Å²) in [5.41, 5.74) is 2.78. The molecule has 1 fully saturated rings. The molecule has 2 rings (SSSR count). The first-order valence-corrected chi connectivity index (χ1v) is 8.33. The Hall–Kier alpha value is -0.670. The summed E-state index contributed by atoms with van der Waals surface area (Å²) in [6, 6.07) is 9.07. The summed E-state index contributed by atoms with van der Waals surface area (Å²) < 4.78 is 0. The highest BCUT2D eigenvalue weighted by Crippen LogP contribution is 2.20. The zero-order chi connectivity index (χ0) is 12.6. The number of nitrogens with zero attached hydrogens (tertiary/aromatic N) is 1. The molecule has 0 amide bonds. The molecule has 0 unspecified atom stereocenters. The molecule has 0 atom stereocenters. The van der Waals surface area contributed by atoms with Crippen LogP contribution in [0.3, 0.4) is 0 Å². The van der Waals surface area contributed by atoms with Gasteiger partial charge in [0.2, 0.25) is 0 Å². The minimum Gasteiger partial charge on any atom is -0.372 e. The Bertz CT molecular complexity index is 331. The molecule has 100 valence electrons. The molecule has 18 heavy (non-hydrogen) atoms. The van der Waals surface area contributed by atoms with Gasteiger partial charge in [0.05, 0.1) is 0 Å². The summed E-state index contributed by atoms with van der Waals surface area (Å²) >= 11 is 1.89. The molecular weight excluding hydrogens is 240 g/mol. The fourth-order valence-corrected chi connectivity index (χ4v) is 2.73. The molecule has 1 aromatic carbocycles. The average molecular weight is 264 g/mol. The van der Waals surface area contributed by atoms with Crippen LogP contribution in [0.5, 0.6) is 0 Å². The molecule has 1 aliphatic rings. The van der Waals surface area contributed by atoms with Crippen LogP contribution in [0.4, 0.5) is 5.69 Å². The minimum absolute atomic E-state index is 0.987. The van der Waals surface area contributed by atoms with Gasteiger partial charge in [0.15, 0.2) is 0 Å². The van der Waals surface area contributed by atoms with E-state index in [1.165, 1.54) is 49.4 Å². The molecule has 2 nitrogen and oxygen atoms in total. The summed E-state index contributed by atoms with van der Waals surface area (Å²) in [6.45, 7) is 4.53. The van der Waals surface area contributed by atoms with Gasteiger partial charge in [0, 0.05) is 37.6 Å². The molecule has 3 heteroatoms. The predicted molar refractivity (Wildman–Crippen MR) is 82.6 cm³/mol. The summed E-state index contributed by atoms with van der Waals surface area (Å²) in [7, 11) is 0. The third-order valence-electron chi connectivity index (χ3n) is 3.47. The second-order valence-corrected chi connectivity index (χ2v) is 5.87. The molecule has 0 saturated carbocycles. The van der Waals surface area contributed by atoms with Crippen LogP contribution in [0.15, 0.2) is 24.3 Å². The van der Waals surface area contributed by atoms with Gasteiger partial charge in [-0.15, -0.1) is 0 Å². The summed E-state index contributed by atoms with van der Waals surface area (Å²) in [4.78, 5) is 2.51. The lowest BCUT2D eigenvalue weighted by Crippen LogP contribution is -2.29. The Labute approximate surface area is 115 Å². The first-order chi connectivity index (χ1) is 8.90. The van der Waals surface area contributed by atoms with Crippen molar-refractivity contribution in [2.75, 3.05) is 36.5 Å². The third kappa shape index (κ3) is 4.21. The summed E-state index contributed by atoms with van der Waals surface area (Å²) in [5.74, 6) is 1.19. The van der Waals surface area contributed by atoms with Crippen molar-refractivity contribution >= 4 is 17.4 Å². The van der Waals surface area contributed by atoms with E-state index in [9.17, 15) is 0 Å². The monoisotopic (exact) mass is 264 g/mol. The maximum atomic E-state index is 3.47. The van der Waals surface area contributed by atoms with Crippen LogP contribution in [0.2, 0.25) is 0 Å². The van der Waals surface area contributed by atoms with Gasteiger partial charge in [-0.25, -0.2) is 0 Å². The van der Waals surface area contributed by atoms with E-state index in [0.717, 1.165) is 13.1 Å². The van der Waals surface area contributed by atoms with Crippen molar-refractivity contribution in [3.8, 4) is 0 Å². The third-order valence-corrected chi connectivity index (χ3v) is 4.08. The molecule has 0 spiro atoms. The van der Waals surface area contributed by atoms with Crippen LogP contribution in [-0.4, -0.2) is 31.6 Å². The topological polar surface area (TPSA) is 15.3 Å². The van der Waals surface area contributed by atoms with Gasteiger partial charge in [0.1, 0.15) is 0 Å². The lowest BCUT2D eigenvalue weighted by atomic mass is 10.1. The van der Waals surface area contributed by atoms with E-state index in [4.69, 9.17) is 0 Å². The highest BCUT2D eigenvalue weighted by atomic mass is 32.2. The zero-order valence-corrected chi connectivity index (χ0v) is 12.1. The second-order valence-electron chi connectivity index (χ2n) is 4.88. The molecule has 1 heterocycles. The van der Waals surface area contributed by atoms with Crippen molar-refractivity contribution in [2.45, 2.75) is 25.8 Å². The van der Waals surface area contributed by atoms with Crippen LogP contribution in [0.1, 0.15) is 24.8 Å².